The van der Waals surface area contributed by atoms with E-state index in [1.807, 2.05) is 35.4 Å². The van der Waals surface area contributed by atoms with Gasteiger partial charge < -0.3 is 14.6 Å². The molecule has 0 unspecified atom stereocenters. The number of hydrogen-bond donors (Lipinski definition) is 1. The van der Waals surface area contributed by atoms with Gasteiger partial charge in [-0.3, -0.25) is 4.79 Å². The predicted octanol–water partition coefficient (Wildman–Crippen LogP) is 2.42. The van der Waals surface area contributed by atoms with Crippen LogP contribution in [-0.2, 0) is 4.74 Å². The molecule has 0 bridgehead atoms. The van der Waals surface area contributed by atoms with Crippen LogP contribution in [0.5, 0.6) is 0 Å². The lowest BCUT2D eigenvalue weighted by Gasteiger charge is -2.21. The third kappa shape index (κ3) is 2.36. The van der Waals surface area contributed by atoms with Crippen molar-refractivity contribution in [3.63, 3.8) is 0 Å². The molecule has 0 spiro atoms. The normalized spacial score (nSPS) is 14.8. The van der Waals surface area contributed by atoms with E-state index in [0.717, 1.165) is 29.3 Å². The minimum Gasteiger partial charge on any atom is -0.383 e. The average Bonchev–Trinajstić information content (AvgIpc) is 3.18. The zero-order chi connectivity index (χ0) is 13.2. The van der Waals surface area contributed by atoms with Gasteiger partial charge in [0.1, 0.15) is 0 Å². The number of nitrogens with zero attached hydrogens (tertiary/aromatic N) is 1. The highest BCUT2D eigenvalue weighted by Crippen LogP contribution is 2.29. The number of fused-ring (bicyclic) bond motifs is 1. The number of rotatable bonds is 5. The molecule has 3 rings (SSSR count). The fourth-order valence-electron chi connectivity index (χ4n) is 2.43. The van der Waals surface area contributed by atoms with E-state index in [9.17, 15) is 4.79 Å². The maximum absolute atomic E-state index is 12.7. The Balaban J connectivity index is 1.88. The molecule has 1 aliphatic carbocycles. The molecular formula is C15H18N2O2. The summed E-state index contributed by atoms with van der Waals surface area (Å²) in [6.07, 6.45) is 4.03. The summed E-state index contributed by atoms with van der Waals surface area (Å²) in [7, 11) is 1.67. The first kappa shape index (κ1) is 12.2. The Hall–Kier alpha value is -1.81. The number of H-pyrrole nitrogens is 1. The van der Waals surface area contributed by atoms with E-state index < -0.39 is 0 Å². The van der Waals surface area contributed by atoms with Gasteiger partial charge in [-0.05, 0) is 18.9 Å². The quantitative estimate of drug-likeness (QED) is 0.895. The molecule has 1 amide bonds. The second-order valence-electron chi connectivity index (χ2n) is 4.97. The number of para-hydroxylation sites is 1. The molecule has 19 heavy (non-hydrogen) atoms. The molecule has 0 radical (unpaired) electrons. The van der Waals surface area contributed by atoms with Crippen LogP contribution >= 0.6 is 0 Å². The Labute approximate surface area is 112 Å². The predicted molar refractivity (Wildman–Crippen MR) is 74.2 cm³/mol. The Morgan fingerprint density at radius 2 is 2.21 bits per heavy atom. The van der Waals surface area contributed by atoms with Crippen molar-refractivity contribution in [2.75, 3.05) is 20.3 Å². The maximum Gasteiger partial charge on any atom is 0.256 e. The summed E-state index contributed by atoms with van der Waals surface area (Å²) in [5, 5.41) is 0.996. The minimum atomic E-state index is 0.108. The number of carbonyl (C=O) groups is 1. The van der Waals surface area contributed by atoms with Crippen LogP contribution in [-0.4, -0.2) is 42.1 Å². The Kier molecular flexibility index (Phi) is 3.25. The summed E-state index contributed by atoms with van der Waals surface area (Å²) in [6.45, 7) is 1.25. The number of benzene rings is 1. The molecule has 0 saturated heterocycles. The summed E-state index contributed by atoms with van der Waals surface area (Å²) in [5.41, 5.74) is 1.77. The molecule has 0 aliphatic heterocycles. The second kappa shape index (κ2) is 5.05. The van der Waals surface area contributed by atoms with Gasteiger partial charge in [0.05, 0.1) is 12.2 Å². The van der Waals surface area contributed by atoms with E-state index in [4.69, 9.17) is 4.74 Å². The van der Waals surface area contributed by atoms with E-state index in [2.05, 4.69) is 4.98 Å². The van der Waals surface area contributed by atoms with Crippen LogP contribution in [0.25, 0.3) is 10.9 Å². The number of nitrogens with one attached hydrogen (secondary N) is 1. The van der Waals surface area contributed by atoms with Crippen molar-refractivity contribution in [1.29, 1.82) is 0 Å². The number of amides is 1. The molecule has 1 fully saturated rings. The first-order valence-corrected chi connectivity index (χ1v) is 6.67. The molecule has 2 aromatic rings. The summed E-state index contributed by atoms with van der Waals surface area (Å²) < 4.78 is 5.10. The highest BCUT2D eigenvalue weighted by Gasteiger charge is 2.33. The van der Waals surface area contributed by atoms with Gasteiger partial charge in [0.25, 0.3) is 5.91 Å². The van der Waals surface area contributed by atoms with Crippen LogP contribution in [0.15, 0.2) is 30.5 Å². The van der Waals surface area contributed by atoms with E-state index >= 15 is 0 Å². The van der Waals surface area contributed by atoms with Gasteiger partial charge in [0, 0.05) is 36.8 Å². The SMILES string of the molecule is COCCN(C(=O)c1c[nH]c2ccccc12)C1CC1. The van der Waals surface area contributed by atoms with Crippen molar-refractivity contribution in [3.05, 3.63) is 36.0 Å². The molecule has 100 valence electrons. The lowest BCUT2D eigenvalue weighted by atomic mass is 10.1. The topological polar surface area (TPSA) is 45.3 Å². The second-order valence-corrected chi connectivity index (χ2v) is 4.97. The number of hydrogen-bond acceptors (Lipinski definition) is 2. The Morgan fingerprint density at radius 3 is 2.95 bits per heavy atom. The van der Waals surface area contributed by atoms with Crippen molar-refractivity contribution in [3.8, 4) is 0 Å². The Bertz CT molecular complexity index is 587. The zero-order valence-electron chi connectivity index (χ0n) is 11.1. The highest BCUT2D eigenvalue weighted by atomic mass is 16.5. The lowest BCUT2D eigenvalue weighted by molar-refractivity contribution is 0.0682. The van der Waals surface area contributed by atoms with Gasteiger partial charge in [0.2, 0.25) is 0 Å². The number of aromatic nitrogens is 1. The molecular weight excluding hydrogens is 240 g/mol. The third-order valence-corrected chi connectivity index (χ3v) is 3.60. The van der Waals surface area contributed by atoms with Crippen molar-refractivity contribution < 1.29 is 9.53 Å². The van der Waals surface area contributed by atoms with Crippen molar-refractivity contribution in [1.82, 2.24) is 9.88 Å². The third-order valence-electron chi connectivity index (χ3n) is 3.60. The number of carbonyl (C=O) groups excluding carboxylic acids is 1. The minimum absolute atomic E-state index is 0.108. The molecule has 1 saturated carbocycles. The summed E-state index contributed by atoms with van der Waals surface area (Å²) in [6, 6.07) is 8.31. The van der Waals surface area contributed by atoms with Crippen LogP contribution < -0.4 is 0 Å². The molecule has 4 heteroatoms. The van der Waals surface area contributed by atoms with Crippen LogP contribution in [0.3, 0.4) is 0 Å². The fourth-order valence-corrected chi connectivity index (χ4v) is 2.43. The van der Waals surface area contributed by atoms with E-state index in [0.29, 0.717) is 19.2 Å². The molecule has 1 aromatic heterocycles. The molecule has 0 atom stereocenters. The van der Waals surface area contributed by atoms with Crippen LogP contribution in [0, 0.1) is 0 Å². The number of ether oxygens (including phenoxy) is 1. The van der Waals surface area contributed by atoms with Crippen LogP contribution in [0.2, 0.25) is 0 Å². The standard InChI is InChI=1S/C15H18N2O2/c1-19-9-8-17(11-6-7-11)15(18)13-10-16-14-5-3-2-4-12(13)14/h2-5,10-11,16H,6-9H2,1H3. The van der Waals surface area contributed by atoms with Gasteiger partial charge in [-0.15, -0.1) is 0 Å². The van der Waals surface area contributed by atoms with Crippen LogP contribution in [0.1, 0.15) is 23.2 Å². The smallest absolute Gasteiger partial charge is 0.256 e. The van der Waals surface area contributed by atoms with Crippen molar-refractivity contribution in [2.24, 2.45) is 0 Å². The number of aromatic amines is 1. The van der Waals surface area contributed by atoms with Gasteiger partial charge in [0.15, 0.2) is 0 Å². The van der Waals surface area contributed by atoms with Gasteiger partial charge >= 0.3 is 0 Å². The van der Waals surface area contributed by atoms with E-state index in [-0.39, 0.29) is 5.91 Å². The van der Waals surface area contributed by atoms with Crippen molar-refractivity contribution in [2.45, 2.75) is 18.9 Å². The largest absolute Gasteiger partial charge is 0.383 e. The molecule has 1 aromatic carbocycles. The lowest BCUT2D eigenvalue weighted by Crippen LogP contribution is -2.35. The monoisotopic (exact) mass is 258 g/mol. The Morgan fingerprint density at radius 1 is 1.42 bits per heavy atom. The number of methoxy groups -OCH3 is 1. The highest BCUT2D eigenvalue weighted by molar-refractivity contribution is 6.06. The molecule has 1 aliphatic rings. The molecule has 4 nitrogen and oxygen atoms in total. The molecule has 1 heterocycles. The summed E-state index contributed by atoms with van der Waals surface area (Å²) in [4.78, 5) is 17.8. The van der Waals surface area contributed by atoms with E-state index in [1.165, 1.54) is 0 Å². The first-order chi connectivity index (χ1) is 9.31. The average molecular weight is 258 g/mol. The van der Waals surface area contributed by atoms with Gasteiger partial charge in [-0.25, -0.2) is 0 Å². The van der Waals surface area contributed by atoms with Gasteiger partial charge in [-0.2, -0.15) is 0 Å². The first-order valence-electron chi connectivity index (χ1n) is 6.67. The maximum atomic E-state index is 12.7. The summed E-state index contributed by atoms with van der Waals surface area (Å²) in [5.74, 6) is 0.108. The van der Waals surface area contributed by atoms with E-state index in [1.54, 1.807) is 7.11 Å². The zero-order valence-corrected chi connectivity index (χ0v) is 11.1. The van der Waals surface area contributed by atoms with Crippen LogP contribution in [0.4, 0.5) is 0 Å². The van der Waals surface area contributed by atoms with Gasteiger partial charge in [-0.1, -0.05) is 18.2 Å². The van der Waals surface area contributed by atoms with Crippen molar-refractivity contribution >= 4 is 16.8 Å². The summed E-state index contributed by atoms with van der Waals surface area (Å²) >= 11 is 0. The fraction of sp³-hybridized carbons (Fsp3) is 0.400. The molecule has 1 N–H and O–H groups in total.